The minimum atomic E-state index is 0.204. The van der Waals surface area contributed by atoms with Crippen LogP contribution in [0.25, 0.3) is 6.08 Å². The van der Waals surface area contributed by atoms with Crippen molar-refractivity contribution >= 4 is 27.8 Å². The van der Waals surface area contributed by atoms with E-state index in [2.05, 4.69) is 69.6 Å². The minimum absolute atomic E-state index is 0.204. The van der Waals surface area contributed by atoms with Gasteiger partial charge in [-0.25, -0.2) is 4.98 Å². The van der Waals surface area contributed by atoms with Crippen molar-refractivity contribution in [1.82, 2.24) is 4.98 Å². The third-order valence-electron chi connectivity index (χ3n) is 3.39. The summed E-state index contributed by atoms with van der Waals surface area (Å²) in [6, 6.07) is 12.8. The zero-order chi connectivity index (χ0) is 13.4. The van der Waals surface area contributed by atoms with E-state index in [-0.39, 0.29) is 6.04 Å². The Hall–Kier alpha value is -1.61. The minimum Gasteiger partial charge on any atom is -0.359 e. The number of fused-ring (bicyclic) bond motifs is 1. The molecule has 0 fully saturated rings. The Morgan fingerprint density at radius 1 is 1.05 bits per heavy atom. The normalized spacial score (nSPS) is 17.4. The van der Waals surface area contributed by atoms with E-state index in [1.807, 2.05) is 13.0 Å². The van der Waals surface area contributed by atoms with Gasteiger partial charge in [0.25, 0.3) is 0 Å². The number of rotatable bonds is 1. The number of aryl methyl sites for hydroxylation is 1. The van der Waals surface area contributed by atoms with Crippen LogP contribution >= 0.6 is 15.9 Å². The second kappa shape index (κ2) is 4.82. The molecule has 1 aromatic carbocycles. The van der Waals surface area contributed by atoms with Gasteiger partial charge in [-0.05, 0) is 55.3 Å². The topological polar surface area (TPSA) is 24.9 Å². The van der Waals surface area contributed by atoms with Gasteiger partial charge in [0.1, 0.15) is 5.82 Å². The van der Waals surface area contributed by atoms with E-state index >= 15 is 0 Å². The molecule has 1 N–H and O–H groups in total. The van der Waals surface area contributed by atoms with Crippen molar-refractivity contribution in [1.29, 1.82) is 0 Å². The molecule has 19 heavy (non-hydrogen) atoms. The number of halogens is 1. The van der Waals surface area contributed by atoms with Crippen molar-refractivity contribution in [3.63, 3.8) is 0 Å². The molecule has 0 amide bonds. The summed E-state index contributed by atoms with van der Waals surface area (Å²) in [6.07, 6.45) is 2.21. The number of hydrogen-bond donors (Lipinski definition) is 1. The van der Waals surface area contributed by atoms with Crippen LogP contribution in [0.1, 0.15) is 29.8 Å². The summed E-state index contributed by atoms with van der Waals surface area (Å²) in [5.74, 6) is 0.971. The molecule has 0 spiro atoms. The highest BCUT2D eigenvalue weighted by atomic mass is 79.9. The van der Waals surface area contributed by atoms with Crippen molar-refractivity contribution in [3.05, 3.63) is 63.3 Å². The van der Waals surface area contributed by atoms with Crippen LogP contribution in [0, 0.1) is 6.92 Å². The maximum Gasteiger partial charge on any atom is 0.134 e. The third-order valence-corrected chi connectivity index (χ3v) is 3.92. The van der Waals surface area contributed by atoms with E-state index in [4.69, 9.17) is 0 Å². The highest BCUT2D eigenvalue weighted by Gasteiger charge is 2.20. The van der Waals surface area contributed by atoms with Crippen molar-refractivity contribution in [3.8, 4) is 0 Å². The number of aromatic nitrogens is 1. The molecule has 2 aromatic rings. The number of nitrogens with one attached hydrogen (secondary N) is 1. The average molecular weight is 315 g/mol. The fourth-order valence-electron chi connectivity index (χ4n) is 2.38. The van der Waals surface area contributed by atoms with Gasteiger partial charge in [0.15, 0.2) is 0 Å². The summed E-state index contributed by atoms with van der Waals surface area (Å²) in [5, 5.41) is 3.53. The van der Waals surface area contributed by atoms with Crippen LogP contribution in [0.3, 0.4) is 0 Å². The lowest BCUT2D eigenvalue weighted by Crippen LogP contribution is -2.17. The number of anilines is 1. The summed E-state index contributed by atoms with van der Waals surface area (Å²) in [7, 11) is 0. The maximum absolute atomic E-state index is 4.58. The van der Waals surface area contributed by atoms with Gasteiger partial charge in [-0.3, -0.25) is 0 Å². The number of hydrogen-bond acceptors (Lipinski definition) is 2. The quantitative estimate of drug-likeness (QED) is 0.823. The van der Waals surface area contributed by atoms with E-state index in [9.17, 15) is 0 Å². The third kappa shape index (κ3) is 2.43. The molecule has 0 bridgehead atoms. The Morgan fingerprint density at radius 3 is 2.53 bits per heavy atom. The van der Waals surface area contributed by atoms with Crippen molar-refractivity contribution in [2.45, 2.75) is 19.9 Å². The molecule has 1 unspecified atom stereocenters. The molecule has 1 atom stereocenters. The van der Waals surface area contributed by atoms with Crippen molar-refractivity contribution < 1.29 is 0 Å². The number of benzene rings is 1. The molecule has 1 aliphatic heterocycles. The molecule has 3 heteroatoms. The summed E-state index contributed by atoms with van der Waals surface area (Å²) in [4.78, 5) is 4.58. The average Bonchev–Trinajstić information content (AvgIpc) is 2.40. The van der Waals surface area contributed by atoms with E-state index < -0.39 is 0 Å². The van der Waals surface area contributed by atoms with Crippen LogP contribution < -0.4 is 5.32 Å². The van der Waals surface area contributed by atoms with Crippen molar-refractivity contribution in [2.24, 2.45) is 0 Å². The second-order valence-electron chi connectivity index (χ2n) is 4.91. The van der Waals surface area contributed by atoms with E-state index in [0.717, 1.165) is 21.5 Å². The van der Waals surface area contributed by atoms with Gasteiger partial charge >= 0.3 is 0 Å². The van der Waals surface area contributed by atoms with Gasteiger partial charge in [-0.1, -0.05) is 28.1 Å². The smallest absolute Gasteiger partial charge is 0.134 e. The SMILES string of the molecule is CC1=Cc2ccc(C)nc2NC1c1ccc(Br)cc1. The summed E-state index contributed by atoms with van der Waals surface area (Å²) < 4.78 is 1.10. The van der Waals surface area contributed by atoms with Crippen LogP contribution in [-0.4, -0.2) is 4.98 Å². The van der Waals surface area contributed by atoms with Gasteiger partial charge in [-0.15, -0.1) is 0 Å². The van der Waals surface area contributed by atoms with Crippen LogP contribution in [0.15, 0.2) is 46.4 Å². The first-order chi connectivity index (χ1) is 9.13. The maximum atomic E-state index is 4.58. The van der Waals surface area contributed by atoms with E-state index in [1.54, 1.807) is 0 Å². The zero-order valence-electron chi connectivity index (χ0n) is 10.9. The molecule has 1 aromatic heterocycles. The summed E-state index contributed by atoms with van der Waals surface area (Å²) in [6.45, 7) is 4.17. The molecular weight excluding hydrogens is 300 g/mol. The Balaban J connectivity index is 2.00. The predicted octanol–water partition coefficient (Wildman–Crippen LogP) is 4.72. The second-order valence-corrected chi connectivity index (χ2v) is 5.82. The number of nitrogens with zero attached hydrogens (tertiary/aromatic N) is 1. The van der Waals surface area contributed by atoms with Crippen LogP contribution in [0.4, 0.5) is 5.82 Å². The van der Waals surface area contributed by atoms with E-state index in [0.29, 0.717) is 0 Å². The molecule has 0 aliphatic carbocycles. The summed E-state index contributed by atoms with van der Waals surface area (Å²) in [5.41, 5.74) is 4.76. The lowest BCUT2D eigenvalue weighted by molar-refractivity contribution is 0.891. The molecule has 2 heterocycles. The Morgan fingerprint density at radius 2 is 1.79 bits per heavy atom. The number of pyridine rings is 1. The zero-order valence-corrected chi connectivity index (χ0v) is 12.5. The fourth-order valence-corrected chi connectivity index (χ4v) is 2.64. The van der Waals surface area contributed by atoms with Gasteiger partial charge in [0, 0.05) is 15.7 Å². The van der Waals surface area contributed by atoms with Crippen molar-refractivity contribution in [2.75, 3.05) is 5.32 Å². The standard InChI is InChI=1S/C16H15BrN2/c1-10-9-13-4-3-11(2)18-16(13)19-15(10)12-5-7-14(17)8-6-12/h3-9,15H,1-2H3,(H,18,19). The molecule has 3 rings (SSSR count). The molecule has 0 radical (unpaired) electrons. The fraction of sp³-hybridized carbons (Fsp3) is 0.188. The lowest BCUT2D eigenvalue weighted by Gasteiger charge is -2.26. The molecular formula is C16H15BrN2. The molecule has 0 saturated heterocycles. The van der Waals surface area contributed by atoms with Gasteiger partial charge < -0.3 is 5.32 Å². The Bertz CT molecular complexity index is 644. The predicted molar refractivity (Wildman–Crippen MR) is 83.1 cm³/mol. The highest BCUT2D eigenvalue weighted by Crippen LogP contribution is 2.34. The first kappa shape index (κ1) is 12.4. The monoisotopic (exact) mass is 314 g/mol. The molecule has 0 saturated carbocycles. The first-order valence-electron chi connectivity index (χ1n) is 6.31. The first-order valence-corrected chi connectivity index (χ1v) is 7.10. The van der Waals surface area contributed by atoms with Crippen LogP contribution in [0.2, 0.25) is 0 Å². The summed E-state index contributed by atoms with van der Waals surface area (Å²) >= 11 is 3.47. The Kier molecular flexibility index (Phi) is 3.15. The van der Waals surface area contributed by atoms with Crippen LogP contribution in [0.5, 0.6) is 0 Å². The van der Waals surface area contributed by atoms with Crippen LogP contribution in [-0.2, 0) is 0 Å². The Labute approximate surface area is 121 Å². The van der Waals surface area contributed by atoms with E-state index in [1.165, 1.54) is 11.1 Å². The molecule has 96 valence electrons. The largest absolute Gasteiger partial charge is 0.359 e. The van der Waals surface area contributed by atoms with Gasteiger partial charge in [0.2, 0.25) is 0 Å². The molecule has 2 nitrogen and oxygen atoms in total. The van der Waals surface area contributed by atoms with Gasteiger partial charge in [-0.2, -0.15) is 0 Å². The molecule has 1 aliphatic rings. The van der Waals surface area contributed by atoms with Gasteiger partial charge in [0.05, 0.1) is 6.04 Å². The highest BCUT2D eigenvalue weighted by molar-refractivity contribution is 9.10. The lowest BCUT2D eigenvalue weighted by atomic mass is 9.95.